The quantitative estimate of drug-likeness (QED) is 0.786. The number of hydrogen-bond acceptors (Lipinski definition) is 3. The molecule has 0 amide bonds. The van der Waals surface area contributed by atoms with Crippen molar-refractivity contribution in [2.75, 3.05) is 0 Å². The molecule has 0 saturated heterocycles. The van der Waals surface area contributed by atoms with Crippen LogP contribution in [0, 0.1) is 5.82 Å². The average molecular weight is 298 g/mol. The second-order valence-electron chi connectivity index (χ2n) is 5.14. The fraction of sp³-hybridized carbons (Fsp3) is 0.167. The zero-order valence-corrected chi connectivity index (χ0v) is 12.1. The van der Waals surface area contributed by atoms with Gasteiger partial charge in [0.05, 0.1) is 10.9 Å². The molecule has 0 aliphatic heterocycles. The summed E-state index contributed by atoms with van der Waals surface area (Å²) in [5.41, 5.74) is 0.882. The van der Waals surface area contributed by atoms with E-state index in [1.165, 1.54) is 24.3 Å². The van der Waals surface area contributed by atoms with Crippen LogP contribution in [0.3, 0.4) is 0 Å². The SMILES string of the molecule is CCCc1c(O)ccc2c(=O)cc(-c3ccccc3F)oc12. The fourth-order valence-corrected chi connectivity index (χ4v) is 2.55. The van der Waals surface area contributed by atoms with Crippen molar-refractivity contribution in [3.63, 3.8) is 0 Å². The summed E-state index contributed by atoms with van der Waals surface area (Å²) in [7, 11) is 0. The molecule has 0 bridgehead atoms. The normalized spacial score (nSPS) is 11.0. The van der Waals surface area contributed by atoms with E-state index in [9.17, 15) is 14.3 Å². The smallest absolute Gasteiger partial charge is 0.193 e. The van der Waals surface area contributed by atoms with Crippen LogP contribution in [0.25, 0.3) is 22.3 Å². The minimum atomic E-state index is -0.456. The van der Waals surface area contributed by atoms with Gasteiger partial charge in [0, 0.05) is 11.6 Å². The summed E-state index contributed by atoms with van der Waals surface area (Å²) in [6.07, 6.45) is 1.37. The molecule has 2 aromatic carbocycles. The third-order valence-electron chi connectivity index (χ3n) is 3.61. The van der Waals surface area contributed by atoms with Gasteiger partial charge in [-0.25, -0.2) is 4.39 Å². The van der Waals surface area contributed by atoms with Crippen LogP contribution in [-0.2, 0) is 6.42 Å². The van der Waals surface area contributed by atoms with E-state index in [0.29, 0.717) is 23.0 Å². The molecular formula is C18H15FO3. The molecule has 0 unspecified atom stereocenters. The van der Waals surface area contributed by atoms with Gasteiger partial charge >= 0.3 is 0 Å². The van der Waals surface area contributed by atoms with Gasteiger partial charge in [-0.3, -0.25) is 4.79 Å². The van der Waals surface area contributed by atoms with Crippen LogP contribution in [0.15, 0.2) is 51.7 Å². The predicted molar refractivity (Wildman–Crippen MR) is 83.5 cm³/mol. The summed E-state index contributed by atoms with van der Waals surface area (Å²) in [6.45, 7) is 1.97. The fourth-order valence-electron chi connectivity index (χ4n) is 2.55. The third kappa shape index (κ3) is 2.37. The van der Waals surface area contributed by atoms with Crippen molar-refractivity contribution in [1.82, 2.24) is 0 Å². The number of aromatic hydroxyl groups is 1. The first-order valence-corrected chi connectivity index (χ1v) is 7.15. The number of aryl methyl sites for hydroxylation is 1. The van der Waals surface area contributed by atoms with Crippen molar-refractivity contribution in [2.24, 2.45) is 0 Å². The van der Waals surface area contributed by atoms with Crippen molar-refractivity contribution in [1.29, 1.82) is 0 Å². The van der Waals surface area contributed by atoms with Crippen molar-refractivity contribution in [3.05, 3.63) is 64.1 Å². The van der Waals surface area contributed by atoms with Gasteiger partial charge in [0.25, 0.3) is 0 Å². The molecule has 0 atom stereocenters. The first-order valence-electron chi connectivity index (χ1n) is 7.15. The molecule has 0 saturated carbocycles. The van der Waals surface area contributed by atoms with Crippen LogP contribution in [0.1, 0.15) is 18.9 Å². The Morgan fingerprint density at radius 3 is 2.68 bits per heavy atom. The summed E-state index contributed by atoms with van der Waals surface area (Å²) < 4.78 is 19.7. The minimum absolute atomic E-state index is 0.0863. The minimum Gasteiger partial charge on any atom is -0.508 e. The molecule has 0 aliphatic rings. The Kier molecular flexibility index (Phi) is 3.67. The highest BCUT2D eigenvalue weighted by molar-refractivity contribution is 5.83. The molecule has 3 nitrogen and oxygen atoms in total. The zero-order chi connectivity index (χ0) is 15.7. The first-order chi connectivity index (χ1) is 10.6. The van der Waals surface area contributed by atoms with E-state index in [-0.39, 0.29) is 22.5 Å². The summed E-state index contributed by atoms with van der Waals surface area (Å²) >= 11 is 0. The Morgan fingerprint density at radius 2 is 1.95 bits per heavy atom. The topological polar surface area (TPSA) is 50.4 Å². The largest absolute Gasteiger partial charge is 0.508 e. The Bertz CT molecular complexity index is 896. The van der Waals surface area contributed by atoms with Crippen molar-refractivity contribution >= 4 is 11.0 Å². The monoisotopic (exact) mass is 298 g/mol. The van der Waals surface area contributed by atoms with E-state index in [1.54, 1.807) is 18.2 Å². The number of hydrogen-bond donors (Lipinski definition) is 1. The Balaban J connectivity index is 2.34. The molecule has 0 radical (unpaired) electrons. The zero-order valence-electron chi connectivity index (χ0n) is 12.1. The average Bonchev–Trinajstić information content (AvgIpc) is 2.50. The lowest BCUT2D eigenvalue weighted by atomic mass is 10.0. The third-order valence-corrected chi connectivity index (χ3v) is 3.61. The Hall–Kier alpha value is -2.62. The van der Waals surface area contributed by atoms with E-state index in [2.05, 4.69) is 0 Å². The van der Waals surface area contributed by atoms with Gasteiger partial charge in [0.15, 0.2) is 5.43 Å². The first kappa shape index (κ1) is 14.3. The van der Waals surface area contributed by atoms with Crippen molar-refractivity contribution in [3.8, 4) is 17.1 Å². The maximum Gasteiger partial charge on any atom is 0.193 e. The summed E-state index contributed by atoms with van der Waals surface area (Å²) in [5, 5.41) is 10.4. The molecule has 3 aromatic rings. The summed E-state index contributed by atoms with van der Waals surface area (Å²) in [5.74, 6) is -0.205. The lowest BCUT2D eigenvalue weighted by Crippen LogP contribution is -2.03. The molecule has 1 N–H and O–H groups in total. The van der Waals surface area contributed by atoms with Gasteiger partial charge in [-0.05, 0) is 30.7 Å². The number of phenolic OH excluding ortho intramolecular Hbond substituents is 1. The van der Waals surface area contributed by atoms with Crippen molar-refractivity contribution < 1.29 is 13.9 Å². The number of fused-ring (bicyclic) bond motifs is 1. The lowest BCUT2D eigenvalue weighted by Gasteiger charge is -2.09. The van der Waals surface area contributed by atoms with Crippen LogP contribution in [0.2, 0.25) is 0 Å². The highest BCUT2D eigenvalue weighted by atomic mass is 19.1. The van der Waals surface area contributed by atoms with E-state index in [1.807, 2.05) is 6.92 Å². The second-order valence-corrected chi connectivity index (χ2v) is 5.14. The molecule has 22 heavy (non-hydrogen) atoms. The molecule has 112 valence electrons. The number of benzene rings is 2. The van der Waals surface area contributed by atoms with E-state index in [0.717, 1.165) is 6.42 Å². The molecule has 0 spiro atoms. The maximum absolute atomic E-state index is 13.9. The van der Waals surface area contributed by atoms with Crippen molar-refractivity contribution in [2.45, 2.75) is 19.8 Å². The predicted octanol–water partition coefficient (Wildman–Crippen LogP) is 4.26. The summed E-state index contributed by atoms with van der Waals surface area (Å²) in [6, 6.07) is 10.4. The number of halogens is 1. The number of phenols is 1. The van der Waals surface area contributed by atoms with E-state index < -0.39 is 5.82 Å². The molecule has 4 heteroatoms. The van der Waals surface area contributed by atoms with Crippen LogP contribution in [0.4, 0.5) is 4.39 Å². The molecular weight excluding hydrogens is 283 g/mol. The lowest BCUT2D eigenvalue weighted by molar-refractivity contribution is 0.466. The van der Waals surface area contributed by atoms with Gasteiger partial charge in [0.2, 0.25) is 0 Å². The standard InChI is InChI=1S/C18H15FO3/c1-2-5-12-15(20)9-8-13-16(21)10-17(22-18(12)13)11-6-3-4-7-14(11)19/h3-4,6-10,20H,2,5H2,1H3. The van der Waals surface area contributed by atoms with Crippen LogP contribution in [0.5, 0.6) is 5.75 Å². The molecule has 3 rings (SSSR count). The van der Waals surface area contributed by atoms with E-state index in [4.69, 9.17) is 4.42 Å². The molecule has 1 aromatic heterocycles. The van der Waals surface area contributed by atoms with Gasteiger partial charge in [-0.15, -0.1) is 0 Å². The Labute approximate surface area is 126 Å². The molecule has 0 fully saturated rings. The maximum atomic E-state index is 13.9. The van der Waals surface area contributed by atoms with E-state index >= 15 is 0 Å². The van der Waals surface area contributed by atoms with Gasteiger partial charge in [-0.1, -0.05) is 25.5 Å². The van der Waals surface area contributed by atoms with Gasteiger partial charge in [0.1, 0.15) is 22.9 Å². The highest BCUT2D eigenvalue weighted by Crippen LogP contribution is 2.30. The molecule has 0 aliphatic carbocycles. The van der Waals surface area contributed by atoms with Crippen LogP contribution >= 0.6 is 0 Å². The number of rotatable bonds is 3. The van der Waals surface area contributed by atoms with Crippen LogP contribution < -0.4 is 5.43 Å². The summed E-state index contributed by atoms with van der Waals surface area (Å²) in [4.78, 5) is 12.3. The molecule has 1 heterocycles. The van der Waals surface area contributed by atoms with Gasteiger partial charge < -0.3 is 9.52 Å². The second kappa shape index (κ2) is 5.64. The van der Waals surface area contributed by atoms with Crippen LogP contribution in [-0.4, -0.2) is 5.11 Å². The van der Waals surface area contributed by atoms with Gasteiger partial charge in [-0.2, -0.15) is 0 Å². The highest BCUT2D eigenvalue weighted by Gasteiger charge is 2.15. The Morgan fingerprint density at radius 1 is 1.18 bits per heavy atom.